The number of nitrogens with zero attached hydrogens (tertiary/aromatic N) is 6. The third-order valence-electron chi connectivity index (χ3n) is 4.81. The fourth-order valence-electron chi connectivity index (χ4n) is 3.32. The van der Waals surface area contributed by atoms with Crippen LogP contribution in [0.2, 0.25) is 10.2 Å². The van der Waals surface area contributed by atoms with E-state index in [0.717, 1.165) is 17.6 Å². The summed E-state index contributed by atoms with van der Waals surface area (Å²) in [6, 6.07) is -0.0673. The lowest BCUT2D eigenvalue weighted by atomic mass is 10.3. The summed E-state index contributed by atoms with van der Waals surface area (Å²) in [7, 11) is -3.21. The molecule has 9 nitrogen and oxygen atoms in total. The molecule has 0 saturated carbocycles. The maximum absolute atomic E-state index is 11.7. The third kappa shape index (κ3) is 3.57. The van der Waals surface area contributed by atoms with Gasteiger partial charge in [-0.15, -0.1) is 0 Å². The van der Waals surface area contributed by atoms with Gasteiger partial charge in [-0.05, 0) is 13.3 Å². The highest BCUT2D eigenvalue weighted by molar-refractivity contribution is 7.88. The zero-order valence-corrected chi connectivity index (χ0v) is 17.6. The number of hydrogen-bond acceptors (Lipinski definition) is 6. The normalized spacial score (nSPS) is 18.2. The minimum atomic E-state index is -3.21. The van der Waals surface area contributed by atoms with E-state index < -0.39 is 10.0 Å². The molecule has 1 aliphatic heterocycles. The first-order valence-corrected chi connectivity index (χ1v) is 11.3. The Labute approximate surface area is 172 Å². The second-order valence-electron chi connectivity index (χ2n) is 6.70. The van der Waals surface area contributed by atoms with E-state index in [1.54, 1.807) is 17.1 Å². The van der Waals surface area contributed by atoms with Crippen LogP contribution >= 0.6 is 23.2 Å². The summed E-state index contributed by atoms with van der Waals surface area (Å²) in [5, 5.41) is 9.06. The second-order valence-corrected chi connectivity index (χ2v) is 9.44. The summed E-state index contributed by atoms with van der Waals surface area (Å²) in [4.78, 5) is 8.83. The maximum atomic E-state index is 11.7. The lowest BCUT2D eigenvalue weighted by molar-refractivity contribution is 0.437. The minimum absolute atomic E-state index is 0.0673. The summed E-state index contributed by atoms with van der Waals surface area (Å²) >= 11 is 12.5. The van der Waals surface area contributed by atoms with Crippen molar-refractivity contribution >= 4 is 55.9 Å². The zero-order valence-electron chi connectivity index (χ0n) is 15.3. The van der Waals surface area contributed by atoms with Crippen molar-refractivity contribution < 1.29 is 8.42 Å². The summed E-state index contributed by atoms with van der Waals surface area (Å²) in [6.45, 7) is 3.59. The molecule has 4 heterocycles. The lowest BCUT2D eigenvalue weighted by Crippen LogP contribution is -2.28. The molecule has 0 bridgehead atoms. The predicted octanol–water partition coefficient (Wildman–Crippen LogP) is 2.90. The molecule has 0 amide bonds. The van der Waals surface area contributed by atoms with Gasteiger partial charge in [0, 0.05) is 32.0 Å². The second kappa shape index (κ2) is 7.18. The van der Waals surface area contributed by atoms with Gasteiger partial charge < -0.3 is 9.88 Å². The average molecular weight is 444 g/mol. The molecular weight excluding hydrogens is 425 g/mol. The summed E-state index contributed by atoms with van der Waals surface area (Å²) in [6.07, 6.45) is 7.12. The van der Waals surface area contributed by atoms with E-state index in [-0.39, 0.29) is 11.2 Å². The van der Waals surface area contributed by atoms with Crippen LogP contribution in [0.5, 0.6) is 0 Å². The van der Waals surface area contributed by atoms with Crippen LogP contribution in [-0.4, -0.2) is 56.4 Å². The number of hydrogen-bond donors (Lipinski definition) is 1. The molecular formula is C16H19Cl2N7O2S. The molecule has 1 N–H and O–H groups in total. The van der Waals surface area contributed by atoms with E-state index >= 15 is 0 Å². The highest BCUT2D eigenvalue weighted by atomic mass is 35.5. The molecule has 0 spiro atoms. The molecule has 12 heteroatoms. The van der Waals surface area contributed by atoms with Crippen LogP contribution in [0.1, 0.15) is 19.4 Å². The highest BCUT2D eigenvalue weighted by Crippen LogP contribution is 2.30. The first-order valence-electron chi connectivity index (χ1n) is 8.74. The molecule has 1 atom stereocenters. The predicted molar refractivity (Wildman–Crippen MR) is 109 cm³/mol. The van der Waals surface area contributed by atoms with Crippen molar-refractivity contribution in [1.82, 2.24) is 28.6 Å². The van der Waals surface area contributed by atoms with Crippen molar-refractivity contribution in [2.24, 2.45) is 0 Å². The Morgan fingerprint density at radius 3 is 2.79 bits per heavy atom. The van der Waals surface area contributed by atoms with Crippen molar-refractivity contribution in [2.75, 3.05) is 24.7 Å². The molecule has 1 fully saturated rings. The fraction of sp³-hybridized carbons (Fsp3) is 0.438. The molecule has 150 valence electrons. The minimum Gasteiger partial charge on any atom is -0.331 e. The largest absolute Gasteiger partial charge is 0.331 e. The maximum Gasteiger partial charge on any atom is 0.229 e. The van der Waals surface area contributed by atoms with Crippen molar-refractivity contribution in [3.8, 4) is 0 Å². The van der Waals surface area contributed by atoms with Gasteiger partial charge in [0.25, 0.3) is 0 Å². The van der Waals surface area contributed by atoms with E-state index in [1.165, 1.54) is 10.6 Å². The number of aryl methyl sites for hydroxylation is 1. The SMILES string of the molecule is CCn1cc(Cl)c2cnc(Nc3cn(C4CCN(S(C)(=O)=O)C4)nc3Cl)nc21. The van der Waals surface area contributed by atoms with Gasteiger partial charge >= 0.3 is 0 Å². The number of rotatable bonds is 5. The van der Waals surface area contributed by atoms with Crippen molar-refractivity contribution in [2.45, 2.75) is 25.9 Å². The number of aromatic nitrogens is 5. The first-order chi connectivity index (χ1) is 13.3. The third-order valence-corrected chi connectivity index (χ3v) is 6.66. The average Bonchev–Trinajstić information content (AvgIpc) is 3.33. The van der Waals surface area contributed by atoms with Crippen LogP contribution in [0.15, 0.2) is 18.6 Å². The highest BCUT2D eigenvalue weighted by Gasteiger charge is 2.30. The Bertz CT molecular complexity index is 1140. The summed E-state index contributed by atoms with van der Waals surface area (Å²) in [5.41, 5.74) is 1.28. The lowest BCUT2D eigenvalue weighted by Gasteiger charge is -2.13. The number of fused-ring (bicyclic) bond motifs is 1. The number of anilines is 2. The van der Waals surface area contributed by atoms with Gasteiger partial charge in [-0.3, -0.25) is 4.68 Å². The van der Waals surface area contributed by atoms with Crippen molar-refractivity contribution in [3.05, 3.63) is 28.8 Å². The van der Waals surface area contributed by atoms with E-state index in [2.05, 4.69) is 20.4 Å². The quantitative estimate of drug-likeness (QED) is 0.650. The van der Waals surface area contributed by atoms with Crippen LogP contribution in [0.3, 0.4) is 0 Å². The Morgan fingerprint density at radius 2 is 2.11 bits per heavy atom. The Morgan fingerprint density at radius 1 is 1.32 bits per heavy atom. The van der Waals surface area contributed by atoms with Crippen LogP contribution in [-0.2, 0) is 16.6 Å². The number of nitrogens with one attached hydrogen (secondary N) is 1. The van der Waals surface area contributed by atoms with Gasteiger partial charge in [0.15, 0.2) is 5.15 Å². The molecule has 1 aliphatic rings. The molecule has 3 aromatic rings. The van der Waals surface area contributed by atoms with Crippen LogP contribution in [0.25, 0.3) is 11.0 Å². The number of sulfonamides is 1. The molecule has 3 aromatic heterocycles. The van der Waals surface area contributed by atoms with Crippen LogP contribution in [0.4, 0.5) is 11.6 Å². The van der Waals surface area contributed by atoms with E-state index in [9.17, 15) is 8.42 Å². The van der Waals surface area contributed by atoms with Crippen LogP contribution < -0.4 is 5.32 Å². The molecule has 4 rings (SSSR count). The summed E-state index contributed by atoms with van der Waals surface area (Å²) < 4.78 is 28.5. The monoisotopic (exact) mass is 443 g/mol. The summed E-state index contributed by atoms with van der Waals surface area (Å²) in [5.74, 6) is 0.377. The standard InChI is InChI=1S/C16H19Cl2N7O2S/c1-3-23-8-12(17)11-6-19-16(21-15(11)23)20-13-9-25(22-14(13)18)10-4-5-24(7-10)28(2,26)27/h6,8-10H,3-5,7H2,1-2H3,(H,19,20,21). The van der Waals surface area contributed by atoms with Gasteiger partial charge in [0.1, 0.15) is 5.65 Å². The van der Waals surface area contributed by atoms with Crippen LogP contribution in [0, 0.1) is 0 Å². The van der Waals surface area contributed by atoms with Crippen molar-refractivity contribution in [1.29, 1.82) is 0 Å². The van der Waals surface area contributed by atoms with Gasteiger partial charge in [0.2, 0.25) is 16.0 Å². The molecule has 1 unspecified atom stereocenters. The van der Waals surface area contributed by atoms with Gasteiger partial charge in [0.05, 0.1) is 34.6 Å². The number of halogens is 2. The fourth-order valence-corrected chi connectivity index (χ4v) is 4.63. The Hall–Kier alpha value is -1.88. The molecule has 0 radical (unpaired) electrons. The van der Waals surface area contributed by atoms with E-state index in [1.807, 2.05) is 17.7 Å². The topological polar surface area (TPSA) is 97.9 Å². The molecule has 0 aromatic carbocycles. The molecule has 28 heavy (non-hydrogen) atoms. The van der Waals surface area contributed by atoms with Gasteiger partial charge in [-0.2, -0.15) is 14.4 Å². The van der Waals surface area contributed by atoms with Gasteiger partial charge in [-0.1, -0.05) is 23.2 Å². The van der Waals surface area contributed by atoms with E-state index in [0.29, 0.717) is 36.2 Å². The van der Waals surface area contributed by atoms with E-state index in [4.69, 9.17) is 23.2 Å². The molecule has 0 aliphatic carbocycles. The van der Waals surface area contributed by atoms with Crippen molar-refractivity contribution in [3.63, 3.8) is 0 Å². The Kier molecular flexibility index (Phi) is 4.98. The van der Waals surface area contributed by atoms with Gasteiger partial charge in [-0.25, -0.2) is 13.4 Å². The first kappa shape index (κ1) is 19.4. The Balaban J connectivity index is 1.57. The molecule has 1 saturated heterocycles. The smallest absolute Gasteiger partial charge is 0.229 e. The zero-order chi connectivity index (χ0) is 20.1.